The van der Waals surface area contributed by atoms with E-state index in [0.717, 1.165) is 17.0 Å². The van der Waals surface area contributed by atoms with Gasteiger partial charge in [-0.15, -0.1) is 0 Å². The maximum atomic E-state index is 13.7. The number of nitrogens with zero attached hydrogens (tertiary/aromatic N) is 1. The van der Waals surface area contributed by atoms with Gasteiger partial charge in [-0.2, -0.15) is 0 Å². The van der Waals surface area contributed by atoms with Gasteiger partial charge in [0.2, 0.25) is 0 Å². The lowest BCUT2D eigenvalue weighted by Gasteiger charge is -2.44. The number of halogens is 2. The number of ether oxygens (including phenoxy) is 2. The largest absolute Gasteiger partial charge is 0.490 e. The molecule has 5 rings (SSSR count). The van der Waals surface area contributed by atoms with E-state index in [-0.39, 0.29) is 37.0 Å². The third-order valence-electron chi connectivity index (χ3n) is 7.57. The van der Waals surface area contributed by atoms with Gasteiger partial charge in [-0.05, 0) is 83.9 Å². The SMILES string of the molecule is CCOc1cc(C2C3=C(CCCC3=O)N(CCC(=O)O)C3=C2C(=O)CCC3)cc(Br)c1OCc1cccc(F)c1. The van der Waals surface area contributed by atoms with E-state index in [1.807, 2.05) is 24.0 Å². The molecule has 0 amide bonds. The normalized spacial score (nSPS) is 17.6. The van der Waals surface area contributed by atoms with E-state index in [0.29, 0.717) is 77.8 Å². The molecule has 0 spiro atoms. The van der Waals surface area contributed by atoms with Crippen molar-refractivity contribution < 1.29 is 33.4 Å². The summed E-state index contributed by atoms with van der Waals surface area (Å²) >= 11 is 3.62. The Bertz CT molecular complexity index is 1390. The molecule has 2 aliphatic carbocycles. The Labute approximate surface area is 240 Å². The first-order valence-electron chi connectivity index (χ1n) is 13.6. The highest BCUT2D eigenvalue weighted by molar-refractivity contribution is 9.10. The molecule has 0 fully saturated rings. The van der Waals surface area contributed by atoms with Crippen molar-refractivity contribution in [1.29, 1.82) is 0 Å². The van der Waals surface area contributed by atoms with E-state index >= 15 is 0 Å². The minimum atomic E-state index is -0.921. The van der Waals surface area contributed by atoms with Crippen LogP contribution in [0.15, 0.2) is 63.4 Å². The molecular weight excluding hydrogens is 581 g/mol. The molecule has 7 nitrogen and oxygen atoms in total. The number of carboxylic acids is 1. The number of hydrogen-bond donors (Lipinski definition) is 1. The number of aliphatic carboxylic acids is 1. The van der Waals surface area contributed by atoms with Crippen molar-refractivity contribution in [2.75, 3.05) is 13.2 Å². The molecule has 9 heteroatoms. The van der Waals surface area contributed by atoms with Crippen LogP contribution in [-0.4, -0.2) is 40.7 Å². The number of rotatable bonds is 9. The van der Waals surface area contributed by atoms with E-state index in [2.05, 4.69) is 15.9 Å². The molecule has 1 aliphatic heterocycles. The van der Waals surface area contributed by atoms with Gasteiger partial charge < -0.3 is 19.5 Å². The zero-order valence-corrected chi connectivity index (χ0v) is 23.9. The molecule has 1 heterocycles. The first-order chi connectivity index (χ1) is 19.3. The monoisotopic (exact) mass is 611 g/mol. The Hall–Kier alpha value is -3.46. The van der Waals surface area contributed by atoms with E-state index in [9.17, 15) is 23.9 Å². The summed E-state index contributed by atoms with van der Waals surface area (Å²) in [5, 5.41) is 9.40. The second kappa shape index (κ2) is 12.0. The second-order valence-electron chi connectivity index (χ2n) is 10.2. The van der Waals surface area contributed by atoms with Crippen molar-refractivity contribution in [3.05, 3.63) is 80.4 Å². The van der Waals surface area contributed by atoms with E-state index in [1.54, 1.807) is 12.1 Å². The van der Waals surface area contributed by atoms with Crippen LogP contribution in [0.4, 0.5) is 4.39 Å². The molecule has 1 N–H and O–H groups in total. The van der Waals surface area contributed by atoms with Gasteiger partial charge in [0.25, 0.3) is 0 Å². The number of Topliss-reactive ketones (excluding diaryl/α,β-unsaturated/α-hetero) is 2. The summed E-state index contributed by atoms with van der Waals surface area (Å²) < 4.78 is 26.3. The molecule has 2 aromatic carbocycles. The van der Waals surface area contributed by atoms with Crippen LogP contribution >= 0.6 is 15.9 Å². The summed E-state index contributed by atoms with van der Waals surface area (Å²) in [5.74, 6) is -0.976. The Kier molecular flexibility index (Phi) is 8.40. The first-order valence-corrected chi connectivity index (χ1v) is 14.4. The lowest BCUT2D eigenvalue weighted by Crippen LogP contribution is -2.39. The molecule has 0 unspecified atom stereocenters. The zero-order valence-electron chi connectivity index (χ0n) is 22.3. The van der Waals surface area contributed by atoms with Crippen LogP contribution < -0.4 is 9.47 Å². The van der Waals surface area contributed by atoms with Gasteiger partial charge in [-0.25, -0.2) is 4.39 Å². The molecule has 0 saturated carbocycles. The molecule has 0 radical (unpaired) electrons. The van der Waals surface area contributed by atoms with E-state index in [1.165, 1.54) is 12.1 Å². The Balaban J connectivity index is 1.60. The molecule has 0 aromatic heterocycles. The van der Waals surface area contributed by atoms with Crippen LogP contribution in [0, 0.1) is 5.82 Å². The highest BCUT2D eigenvalue weighted by Crippen LogP contribution is 2.51. The van der Waals surface area contributed by atoms with Crippen molar-refractivity contribution in [1.82, 2.24) is 4.90 Å². The average Bonchev–Trinajstić information content (AvgIpc) is 2.91. The van der Waals surface area contributed by atoms with Crippen molar-refractivity contribution in [3.8, 4) is 11.5 Å². The van der Waals surface area contributed by atoms with Crippen molar-refractivity contribution in [2.24, 2.45) is 0 Å². The predicted octanol–water partition coefficient (Wildman–Crippen LogP) is 6.45. The maximum Gasteiger partial charge on any atom is 0.305 e. The molecule has 0 atom stereocenters. The number of hydrogen-bond acceptors (Lipinski definition) is 6. The number of ketones is 2. The van der Waals surface area contributed by atoms with Crippen LogP contribution in [0.3, 0.4) is 0 Å². The van der Waals surface area contributed by atoms with E-state index in [4.69, 9.17) is 9.47 Å². The fraction of sp³-hybridized carbons (Fsp3) is 0.387. The van der Waals surface area contributed by atoms with Crippen molar-refractivity contribution in [3.63, 3.8) is 0 Å². The number of carbonyl (C=O) groups is 3. The summed E-state index contributed by atoms with van der Waals surface area (Å²) in [6, 6.07) is 9.86. The first kappa shape index (κ1) is 28.1. The third-order valence-corrected chi connectivity index (χ3v) is 8.16. The van der Waals surface area contributed by atoms with E-state index < -0.39 is 11.9 Å². The van der Waals surface area contributed by atoms with Crippen LogP contribution in [0.25, 0.3) is 0 Å². The highest BCUT2D eigenvalue weighted by Gasteiger charge is 2.43. The molecule has 40 heavy (non-hydrogen) atoms. The topological polar surface area (TPSA) is 93.1 Å². The molecule has 0 saturated heterocycles. The molecular formula is C31H31BrFNO6. The van der Waals surface area contributed by atoms with Crippen LogP contribution in [0.2, 0.25) is 0 Å². The summed E-state index contributed by atoms with van der Waals surface area (Å²) in [5.41, 5.74) is 4.21. The Morgan fingerprint density at radius 3 is 2.30 bits per heavy atom. The van der Waals surface area contributed by atoms with Gasteiger partial charge in [0, 0.05) is 47.8 Å². The fourth-order valence-corrected chi connectivity index (χ4v) is 6.54. The number of benzene rings is 2. The van der Waals surface area contributed by atoms with Gasteiger partial charge >= 0.3 is 5.97 Å². The fourth-order valence-electron chi connectivity index (χ4n) is 5.97. The summed E-state index contributed by atoms with van der Waals surface area (Å²) in [4.78, 5) is 40.4. The van der Waals surface area contributed by atoms with Gasteiger partial charge in [-0.3, -0.25) is 14.4 Å². The summed E-state index contributed by atoms with van der Waals surface area (Å²) in [7, 11) is 0. The smallest absolute Gasteiger partial charge is 0.305 e. The minimum absolute atomic E-state index is 0.0167. The lowest BCUT2D eigenvalue weighted by atomic mass is 9.71. The van der Waals surface area contributed by atoms with Gasteiger partial charge in [0.15, 0.2) is 23.1 Å². The van der Waals surface area contributed by atoms with Crippen LogP contribution in [-0.2, 0) is 21.0 Å². The second-order valence-corrected chi connectivity index (χ2v) is 11.0. The molecule has 2 aromatic rings. The van der Waals surface area contributed by atoms with Crippen molar-refractivity contribution in [2.45, 2.75) is 64.4 Å². The molecule has 210 valence electrons. The number of carbonyl (C=O) groups excluding carboxylic acids is 2. The van der Waals surface area contributed by atoms with Gasteiger partial charge in [-0.1, -0.05) is 12.1 Å². The lowest BCUT2D eigenvalue weighted by molar-refractivity contribution is -0.137. The highest BCUT2D eigenvalue weighted by atomic mass is 79.9. The van der Waals surface area contributed by atoms with Crippen LogP contribution in [0.1, 0.15) is 68.9 Å². The molecule has 0 bridgehead atoms. The summed E-state index contributed by atoms with van der Waals surface area (Å²) in [6.45, 7) is 2.56. The quantitative estimate of drug-likeness (QED) is 0.348. The van der Waals surface area contributed by atoms with Crippen molar-refractivity contribution >= 4 is 33.5 Å². The van der Waals surface area contributed by atoms with Gasteiger partial charge in [0.1, 0.15) is 12.4 Å². The minimum Gasteiger partial charge on any atom is -0.490 e. The standard InChI is InChI=1S/C31H31BrFNO6/c1-2-39-26-16-19(15-21(32)31(26)40-17-18-6-3-7-20(33)14-18)28-29-22(8-4-10-24(29)35)34(13-12-27(37)38)23-9-5-11-25(36)30(23)28/h3,6-7,14-16,28H,2,4-5,8-13,17H2,1H3,(H,37,38). The third kappa shape index (κ3) is 5.57. The molecule has 3 aliphatic rings. The summed E-state index contributed by atoms with van der Waals surface area (Å²) in [6.07, 6.45) is 3.35. The van der Waals surface area contributed by atoms with Crippen LogP contribution in [0.5, 0.6) is 11.5 Å². The number of allylic oxidation sites excluding steroid dienone is 4. The Morgan fingerprint density at radius 2 is 1.70 bits per heavy atom. The Morgan fingerprint density at radius 1 is 1.02 bits per heavy atom. The zero-order chi connectivity index (χ0) is 28.4. The number of carboxylic acid groups (broad SMARTS) is 1. The van der Waals surface area contributed by atoms with Gasteiger partial charge in [0.05, 0.1) is 17.5 Å². The average molecular weight is 612 g/mol. The maximum absolute atomic E-state index is 13.7. The predicted molar refractivity (Wildman–Crippen MR) is 150 cm³/mol.